The second-order valence-electron chi connectivity index (χ2n) is 2.75. The van der Waals surface area contributed by atoms with Crippen molar-refractivity contribution in [3.8, 4) is 0 Å². The zero-order chi connectivity index (χ0) is 10.1. The SMILES string of the molecule is COC(=O)c1n[nH]c2ccc(F)cc12. The predicted molar refractivity (Wildman–Crippen MR) is 47.4 cm³/mol. The molecule has 5 heteroatoms. The number of aromatic amines is 1. The van der Waals surface area contributed by atoms with Gasteiger partial charge in [0.2, 0.25) is 0 Å². The van der Waals surface area contributed by atoms with Crippen molar-refractivity contribution in [3.63, 3.8) is 0 Å². The summed E-state index contributed by atoms with van der Waals surface area (Å²) in [5.74, 6) is -0.995. The van der Waals surface area contributed by atoms with Crippen LogP contribution >= 0.6 is 0 Å². The molecule has 2 aromatic rings. The largest absolute Gasteiger partial charge is 0.464 e. The van der Waals surface area contributed by atoms with Crippen LogP contribution in [0.3, 0.4) is 0 Å². The van der Waals surface area contributed by atoms with E-state index in [0.717, 1.165) is 0 Å². The van der Waals surface area contributed by atoms with Gasteiger partial charge >= 0.3 is 5.97 Å². The van der Waals surface area contributed by atoms with Crippen molar-refractivity contribution in [2.45, 2.75) is 0 Å². The lowest BCUT2D eigenvalue weighted by atomic mass is 10.2. The van der Waals surface area contributed by atoms with Gasteiger partial charge in [-0.3, -0.25) is 5.10 Å². The third-order valence-electron chi connectivity index (χ3n) is 1.90. The minimum atomic E-state index is -0.582. The number of aromatic nitrogens is 2. The highest BCUT2D eigenvalue weighted by Gasteiger charge is 2.14. The molecule has 72 valence electrons. The lowest BCUT2D eigenvalue weighted by Crippen LogP contribution is -2.01. The van der Waals surface area contributed by atoms with Crippen LogP contribution < -0.4 is 0 Å². The first kappa shape index (κ1) is 8.68. The van der Waals surface area contributed by atoms with E-state index in [1.807, 2.05) is 0 Å². The Balaban J connectivity index is 2.67. The fourth-order valence-electron chi connectivity index (χ4n) is 1.24. The zero-order valence-corrected chi connectivity index (χ0v) is 7.37. The average molecular weight is 194 g/mol. The van der Waals surface area contributed by atoms with Gasteiger partial charge in [0.25, 0.3) is 0 Å². The number of rotatable bonds is 1. The number of halogens is 1. The highest BCUT2D eigenvalue weighted by atomic mass is 19.1. The maximum atomic E-state index is 12.9. The van der Waals surface area contributed by atoms with Crippen molar-refractivity contribution in [2.24, 2.45) is 0 Å². The number of hydrogen-bond donors (Lipinski definition) is 1. The number of H-pyrrole nitrogens is 1. The summed E-state index contributed by atoms with van der Waals surface area (Å²) in [4.78, 5) is 11.2. The Kier molecular flexibility index (Phi) is 1.92. The van der Waals surface area contributed by atoms with E-state index in [1.54, 1.807) is 0 Å². The van der Waals surface area contributed by atoms with E-state index in [4.69, 9.17) is 0 Å². The molecule has 1 aromatic carbocycles. The quantitative estimate of drug-likeness (QED) is 0.699. The standard InChI is InChI=1S/C9H7FN2O2/c1-14-9(13)8-6-4-5(10)2-3-7(6)11-12-8/h2-4H,1H3,(H,11,12). The first-order valence-corrected chi connectivity index (χ1v) is 3.94. The Bertz CT molecular complexity index is 493. The summed E-state index contributed by atoms with van der Waals surface area (Å²) in [6, 6.07) is 4.05. The van der Waals surface area contributed by atoms with Crippen molar-refractivity contribution in [1.82, 2.24) is 10.2 Å². The van der Waals surface area contributed by atoms with E-state index >= 15 is 0 Å². The summed E-state index contributed by atoms with van der Waals surface area (Å²) < 4.78 is 17.4. The molecule has 0 aliphatic carbocycles. The van der Waals surface area contributed by atoms with Gasteiger partial charge in [-0.1, -0.05) is 0 Å². The summed E-state index contributed by atoms with van der Waals surface area (Å²) in [7, 11) is 1.25. The van der Waals surface area contributed by atoms with Gasteiger partial charge in [0.1, 0.15) is 5.82 Å². The molecule has 0 saturated heterocycles. The highest BCUT2D eigenvalue weighted by Crippen LogP contribution is 2.17. The number of carbonyl (C=O) groups excluding carboxylic acids is 1. The molecule has 0 unspecified atom stereocenters. The number of esters is 1. The van der Waals surface area contributed by atoms with Crippen LogP contribution in [0, 0.1) is 5.82 Å². The molecule has 0 amide bonds. The number of methoxy groups -OCH3 is 1. The van der Waals surface area contributed by atoms with Crippen molar-refractivity contribution in [1.29, 1.82) is 0 Å². The Labute approximate surface area is 78.7 Å². The second-order valence-corrected chi connectivity index (χ2v) is 2.75. The number of carbonyl (C=O) groups is 1. The summed E-state index contributed by atoms with van der Waals surface area (Å²) in [5, 5.41) is 6.78. The molecule has 1 aromatic heterocycles. The molecule has 0 radical (unpaired) electrons. The Morgan fingerprint density at radius 3 is 3.07 bits per heavy atom. The van der Waals surface area contributed by atoms with Gasteiger partial charge in [0, 0.05) is 5.39 Å². The number of ether oxygens (including phenoxy) is 1. The van der Waals surface area contributed by atoms with Crippen LogP contribution in [0.1, 0.15) is 10.5 Å². The van der Waals surface area contributed by atoms with E-state index in [9.17, 15) is 9.18 Å². The van der Waals surface area contributed by atoms with Crippen molar-refractivity contribution in [2.75, 3.05) is 7.11 Å². The molecule has 0 aliphatic rings. The van der Waals surface area contributed by atoms with E-state index < -0.39 is 11.8 Å². The van der Waals surface area contributed by atoms with E-state index in [2.05, 4.69) is 14.9 Å². The van der Waals surface area contributed by atoms with E-state index in [-0.39, 0.29) is 5.69 Å². The first-order valence-electron chi connectivity index (χ1n) is 3.94. The highest BCUT2D eigenvalue weighted by molar-refractivity contribution is 6.01. The molecule has 0 bridgehead atoms. The van der Waals surface area contributed by atoms with E-state index in [1.165, 1.54) is 25.3 Å². The molecule has 0 fully saturated rings. The van der Waals surface area contributed by atoms with Gasteiger partial charge < -0.3 is 4.74 Å². The molecule has 0 spiro atoms. The minimum Gasteiger partial charge on any atom is -0.464 e. The number of nitrogens with one attached hydrogen (secondary N) is 1. The molecule has 0 atom stereocenters. The molecule has 0 aliphatic heterocycles. The topological polar surface area (TPSA) is 55.0 Å². The molecule has 1 heterocycles. The molecular formula is C9H7FN2O2. The van der Waals surface area contributed by atoms with E-state index in [0.29, 0.717) is 10.9 Å². The first-order chi connectivity index (χ1) is 6.72. The van der Waals surface area contributed by atoms with Crippen LogP contribution in [-0.2, 0) is 4.74 Å². The van der Waals surface area contributed by atoms with Crippen molar-refractivity contribution >= 4 is 16.9 Å². The molecule has 2 rings (SSSR count). The Morgan fingerprint density at radius 1 is 1.57 bits per heavy atom. The van der Waals surface area contributed by atoms with Crippen LogP contribution in [0.25, 0.3) is 10.9 Å². The number of nitrogens with zero attached hydrogens (tertiary/aromatic N) is 1. The predicted octanol–water partition coefficient (Wildman–Crippen LogP) is 1.49. The third-order valence-corrected chi connectivity index (χ3v) is 1.90. The summed E-state index contributed by atoms with van der Waals surface area (Å²) >= 11 is 0. The van der Waals surface area contributed by atoms with Crippen LogP contribution in [-0.4, -0.2) is 23.3 Å². The normalized spacial score (nSPS) is 10.4. The fourth-order valence-corrected chi connectivity index (χ4v) is 1.24. The Morgan fingerprint density at radius 2 is 2.36 bits per heavy atom. The maximum absolute atomic E-state index is 12.9. The lowest BCUT2D eigenvalue weighted by molar-refractivity contribution is 0.0596. The van der Waals surface area contributed by atoms with Gasteiger partial charge in [0.05, 0.1) is 12.6 Å². The number of hydrogen-bond acceptors (Lipinski definition) is 3. The minimum absolute atomic E-state index is 0.0991. The van der Waals surface area contributed by atoms with Crippen LogP contribution in [0.2, 0.25) is 0 Å². The summed E-state index contributed by atoms with van der Waals surface area (Å²) in [6.07, 6.45) is 0. The van der Waals surface area contributed by atoms with Crippen LogP contribution in [0.4, 0.5) is 4.39 Å². The molecule has 4 nitrogen and oxygen atoms in total. The van der Waals surface area contributed by atoms with Crippen LogP contribution in [0.5, 0.6) is 0 Å². The molecular weight excluding hydrogens is 187 g/mol. The van der Waals surface area contributed by atoms with Gasteiger partial charge in [-0.25, -0.2) is 9.18 Å². The molecule has 0 saturated carbocycles. The summed E-state index contributed by atoms with van der Waals surface area (Å²) in [6.45, 7) is 0. The molecule has 1 N–H and O–H groups in total. The molecule has 14 heavy (non-hydrogen) atoms. The zero-order valence-electron chi connectivity index (χ0n) is 7.37. The average Bonchev–Trinajstić information content (AvgIpc) is 2.59. The van der Waals surface area contributed by atoms with Gasteiger partial charge in [-0.2, -0.15) is 5.10 Å². The Hall–Kier alpha value is -1.91. The summed E-state index contributed by atoms with van der Waals surface area (Å²) in [5.41, 5.74) is 0.703. The second kappa shape index (κ2) is 3.10. The number of benzene rings is 1. The van der Waals surface area contributed by atoms with Gasteiger partial charge in [-0.05, 0) is 18.2 Å². The third kappa shape index (κ3) is 1.22. The fraction of sp³-hybridized carbons (Fsp3) is 0.111. The van der Waals surface area contributed by atoms with Crippen molar-refractivity contribution in [3.05, 3.63) is 29.7 Å². The van der Waals surface area contributed by atoms with Crippen LogP contribution in [0.15, 0.2) is 18.2 Å². The lowest BCUT2D eigenvalue weighted by Gasteiger charge is -1.94. The van der Waals surface area contributed by atoms with Crippen molar-refractivity contribution < 1.29 is 13.9 Å². The van der Waals surface area contributed by atoms with Gasteiger partial charge in [0.15, 0.2) is 5.69 Å². The maximum Gasteiger partial charge on any atom is 0.359 e. The smallest absolute Gasteiger partial charge is 0.359 e. The monoisotopic (exact) mass is 194 g/mol. The van der Waals surface area contributed by atoms with Gasteiger partial charge in [-0.15, -0.1) is 0 Å². The number of fused-ring (bicyclic) bond motifs is 1.